The predicted octanol–water partition coefficient (Wildman–Crippen LogP) is 4.66. The van der Waals surface area contributed by atoms with E-state index in [0.717, 1.165) is 34.3 Å². The summed E-state index contributed by atoms with van der Waals surface area (Å²) in [5.74, 6) is -1.76. The molecule has 0 bridgehead atoms. The van der Waals surface area contributed by atoms with E-state index in [0.29, 0.717) is 6.54 Å². The molecule has 7 nitrogen and oxygen atoms in total. The number of carbonyl (C=O) groups is 2. The van der Waals surface area contributed by atoms with Gasteiger partial charge in [-0.3, -0.25) is 13.9 Å². The number of para-hydroxylation sites is 1. The highest BCUT2D eigenvalue weighted by molar-refractivity contribution is 7.92. The van der Waals surface area contributed by atoms with Gasteiger partial charge in [-0.25, -0.2) is 12.8 Å². The minimum Gasteiger partial charge on any atom is -0.354 e. The molecule has 0 radical (unpaired) electrons. The number of hydrogen-bond donors (Lipinski definition) is 1. The third kappa shape index (κ3) is 7.19. The van der Waals surface area contributed by atoms with Crippen LogP contribution in [0, 0.1) is 12.7 Å². The number of halogens is 1. The normalized spacial score (nSPS) is 12.0. The third-order valence-electron chi connectivity index (χ3n) is 6.20. The van der Waals surface area contributed by atoms with Gasteiger partial charge in [-0.1, -0.05) is 73.5 Å². The highest BCUT2D eigenvalue weighted by Gasteiger charge is 2.33. The summed E-state index contributed by atoms with van der Waals surface area (Å²) in [4.78, 5) is 27.9. The smallest absolute Gasteiger partial charge is 0.264 e. The van der Waals surface area contributed by atoms with Crippen LogP contribution in [0.1, 0.15) is 37.8 Å². The lowest BCUT2D eigenvalue weighted by Crippen LogP contribution is -2.51. The average Bonchev–Trinajstić information content (AvgIpc) is 2.91. The zero-order chi connectivity index (χ0) is 27.7. The van der Waals surface area contributed by atoms with E-state index in [1.54, 1.807) is 19.1 Å². The number of nitrogens with zero attached hydrogens (tertiary/aromatic N) is 2. The van der Waals surface area contributed by atoms with Gasteiger partial charge >= 0.3 is 0 Å². The van der Waals surface area contributed by atoms with Crippen LogP contribution in [-0.4, -0.2) is 44.3 Å². The average molecular weight is 540 g/mol. The molecule has 1 N–H and O–H groups in total. The highest BCUT2D eigenvalue weighted by Crippen LogP contribution is 2.27. The maximum absolute atomic E-state index is 14.9. The van der Waals surface area contributed by atoms with Crippen LogP contribution in [0.3, 0.4) is 0 Å². The van der Waals surface area contributed by atoms with Gasteiger partial charge in [0.2, 0.25) is 11.8 Å². The number of aryl methyl sites for hydroxylation is 1. The van der Waals surface area contributed by atoms with E-state index in [1.807, 2.05) is 44.2 Å². The Morgan fingerprint density at radius 2 is 1.58 bits per heavy atom. The van der Waals surface area contributed by atoms with Crippen molar-refractivity contribution < 1.29 is 22.4 Å². The number of anilines is 1. The second-order valence-electron chi connectivity index (χ2n) is 9.10. The molecular weight excluding hydrogens is 505 g/mol. The Bertz CT molecular complexity index is 1330. The van der Waals surface area contributed by atoms with Crippen molar-refractivity contribution in [2.75, 3.05) is 17.4 Å². The summed E-state index contributed by atoms with van der Waals surface area (Å²) in [5.41, 5.74) is 1.38. The second kappa shape index (κ2) is 13.2. The molecular formula is C29H34FN3O4S. The lowest BCUT2D eigenvalue weighted by molar-refractivity contribution is -0.139. The molecule has 0 saturated carbocycles. The Kier molecular flexibility index (Phi) is 10.0. The zero-order valence-electron chi connectivity index (χ0n) is 21.9. The molecule has 0 fully saturated rings. The first-order valence-corrected chi connectivity index (χ1v) is 14.0. The Morgan fingerprint density at radius 1 is 0.947 bits per heavy atom. The summed E-state index contributed by atoms with van der Waals surface area (Å²) < 4.78 is 43.1. The minimum absolute atomic E-state index is 0.0703. The molecule has 3 aromatic carbocycles. The standard InChI is InChI=1S/C29H34FN3O4S/c1-4-5-19-31-29(35)23(3)32(20-24-11-7-6-8-12-24)28(34)21-33(27-14-10-9-13-26(27)30)38(36,37)25-17-15-22(2)16-18-25/h6-18,23H,4-5,19-21H2,1-3H3,(H,31,35)/t23-/m0/s1. The van der Waals surface area contributed by atoms with Crippen molar-refractivity contribution in [3.05, 3.63) is 95.8 Å². The largest absolute Gasteiger partial charge is 0.354 e. The van der Waals surface area contributed by atoms with Crippen LogP contribution in [-0.2, 0) is 26.2 Å². The topological polar surface area (TPSA) is 86.8 Å². The summed E-state index contributed by atoms with van der Waals surface area (Å²) in [6, 6.07) is 19.8. The van der Waals surface area contributed by atoms with Gasteiger partial charge in [-0.05, 0) is 50.1 Å². The van der Waals surface area contributed by atoms with Crippen LogP contribution in [0.25, 0.3) is 0 Å². The van der Waals surface area contributed by atoms with Gasteiger partial charge in [-0.15, -0.1) is 0 Å². The fourth-order valence-corrected chi connectivity index (χ4v) is 5.33. The van der Waals surface area contributed by atoms with Gasteiger partial charge in [0.15, 0.2) is 0 Å². The lowest BCUT2D eigenvalue weighted by Gasteiger charge is -2.32. The van der Waals surface area contributed by atoms with E-state index in [1.165, 1.54) is 35.2 Å². The molecule has 0 aromatic heterocycles. The number of rotatable bonds is 12. The Labute approximate surface area is 224 Å². The molecule has 3 rings (SSSR count). The number of hydrogen-bond acceptors (Lipinski definition) is 4. The first-order chi connectivity index (χ1) is 18.1. The molecule has 0 aliphatic heterocycles. The van der Waals surface area contributed by atoms with Gasteiger partial charge in [0.25, 0.3) is 10.0 Å². The zero-order valence-corrected chi connectivity index (χ0v) is 22.7. The first-order valence-electron chi connectivity index (χ1n) is 12.6. The number of carbonyl (C=O) groups excluding carboxylic acids is 2. The van der Waals surface area contributed by atoms with Gasteiger partial charge in [0, 0.05) is 13.1 Å². The maximum atomic E-state index is 14.9. The highest BCUT2D eigenvalue weighted by atomic mass is 32.2. The summed E-state index contributed by atoms with van der Waals surface area (Å²) >= 11 is 0. The van der Waals surface area contributed by atoms with Crippen LogP contribution < -0.4 is 9.62 Å². The fraction of sp³-hybridized carbons (Fsp3) is 0.310. The van der Waals surface area contributed by atoms with E-state index in [4.69, 9.17) is 0 Å². The summed E-state index contributed by atoms with van der Waals surface area (Å²) in [5, 5.41) is 2.84. The molecule has 9 heteroatoms. The molecule has 2 amide bonds. The van der Waals surface area contributed by atoms with Crippen LogP contribution >= 0.6 is 0 Å². The monoisotopic (exact) mass is 539 g/mol. The van der Waals surface area contributed by atoms with Gasteiger partial charge < -0.3 is 10.2 Å². The molecule has 202 valence electrons. The molecule has 0 aliphatic carbocycles. The molecule has 3 aromatic rings. The van der Waals surface area contributed by atoms with E-state index < -0.39 is 34.3 Å². The van der Waals surface area contributed by atoms with Crippen LogP contribution in [0.2, 0.25) is 0 Å². The number of sulfonamides is 1. The van der Waals surface area contributed by atoms with Crippen LogP contribution in [0.5, 0.6) is 0 Å². The Hall–Kier alpha value is -3.72. The quantitative estimate of drug-likeness (QED) is 0.339. The summed E-state index contributed by atoms with van der Waals surface area (Å²) in [6.07, 6.45) is 1.69. The third-order valence-corrected chi connectivity index (χ3v) is 7.98. The van der Waals surface area contributed by atoms with Gasteiger partial charge in [0.1, 0.15) is 18.4 Å². The van der Waals surface area contributed by atoms with Gasteiger partial charge in [-0.2, -0.15) is 0 Å². The summed E-state index contributed by atoms with van der Waals surface area (Å²) in [6.45, 7) is 5.30. The van der Waals surface area contributed by atoms with Crippen molar-refractivity contribution in [3.63, 3.8) is 0 Å². The van der Waals surface area contributed by atoms with E-state index in [-0.39, 0.29) is 23.0 Å². The SMILES string of the molecule is CCCCNC(=O)[C@H](C)N(Cc1ccccc1)C(=O)CN(c1ccccc1F)S(=O)(=O)c1ccc(C)cc1. The number of amides is 2. The molecule has 0 spiro atoms. The van der Waals surface area contributed by atoms with Crippen molar-refractivity contribution in [1.29, 1.82) is 0 Å². The van der Waals surface area contributed by atoms with Gasteiger partial charge in [0.05, 0.1) is 10.6 Å². The maximum Gasteiger partial charge on any atom is 0.264 e. The number of unbranched alkanes of at least 4 members (excludes halogenated alkanes) is 1. The van der Waals surface area contributed by atoms with E-state index in [2.05, 4.69) is 5.32 Å². The van der Waals surface area contributed by atoms with Crippen LogP contribution in [0.15, 0.2) is 83.8 Å². The second-order valence-corrected chi connectivity index (χ2v) is 11.0. The minimum atomic E-state index is -4.31. The molecule has 0 saturated heterocycles. The van der Waals surface area contributed by atoms with Crippen molar-refractivity contribution >= 4 is 27.5 Å². The molecule has 0 heterocycles. The predicted molar refractivity (Wildman–Crippen MR) is 146 cm³/mol. The van der Waals surface area contributed by atoms with Crippen molar-refractivity contribution in [2.45, 2.75) is 51.1 Å². The molecule has 38 heavy (non-hydrogen) atoms. The van der Waals surface area contributed by atoms with E-state index >= 15 is 0 Å². The Balaban J connectivity index is 1.99. The fourth-order valence-electron chi connectivity index (χ4n) is 3.90. The number of benzene rings is 3. The molecule has 0 unspecified atom stereocenters. The lowest BCUT2D eigenvalue weighted by atomic mass is 10.1. The Morgan fingerprint density at radius 3 is 2.21 bits per heavy atom. The molecule has 1 atom stereocenters. The van der Waals surface area contributed by atoms with Crippen molar-refractivity contribution in [3.8, 4) is 0 Å². The summed E-state index contributed by atoms with van der Waals surface area (Å²) in [7, 11) is -4.31. The first kappa shape index (κ1) is 28.8. The van der Waals surface area contributed by atoms with Crippen molar-refractivity contribution in [2.24, 2.45) is 0 Å². The molecule has 0 aliphatic rings. The van der Waals surface area contributed by atoms with E-state index in [9.17, 15) is 22.4 Å². The number of nitrogens with one attached hydrogen (secondary N) is 1. The van der Waals surface area contributed by atoms with Crippen LogP contribution in [0.4, 0.5) is 10.1 Å². The van der Waals surface area contributed by atoms with Crippen molar-refractivity contribution in [1.82, 2.24) is 10.2 Å².